The predicted octanol–water partition coefficient (Wildman–Crippen LogP) is 2.81. The first-order valence-corrected chi connectivity index (χ1v) is 11.2. The standard InChI is InChI=1S/C21H24N2O5S/c24-21(15-16-4-9-19-20(14-16)28-13-12-27-19)22-17-5-7-18(8-6-17)29(25,26)23-10-2-1-3-11-23/h4-9,14H,1-3,10-13,15H2,(H,22,24). The second kappa shape index (κ2) is 8.42. The monoisotopic (exact) mass is 416 g/mol. The molecular weight excluding hydrogens is 392 g/mol. The van der Waals surface area contributed by atoms with E-state index in [1.54, 1.807) is 30.3 Å². The Morgan fingerprint density at radius 1 is 0.931 bits per heavy atom. The molecule has 1 amide bonds. The highest BCUT2D eigenvalue weighted by molar-refractivity contribution is 7.89. The van der Waals surface area contributed by atoms with Gasteiger partial charge in [-0.3, -0.25) is 4.79 Å². The van der Waals surface area contributed by atoms with Gasteiger partial charge in [0.2, 0.25) is 15.9 Å². The summed E-state index contributed by atoms with van der Waals surface area (Å²) in [6.07, 6.45) is 3.05. The summed E-state index contributed by atoms with van der Waals surface area (Å²) in [6, 6.07) is 11.8. The summed E-state index contributed by atoms with van der Waals surface area (Å²) in [4.78, 5) is 12.6. The van der Waals surface area contributed by atoms with Crippen molar-refractivity contribution in [2.75, 3.05) is 31.6 Å². The summed E-state index contributed by atoms with van der Waals surface area (Å²) in [6.45, 7) is 2.15. The van der Waals surface area contributed by atoms with E-state index in [0.717, 1.165) is 24.8 Å². The Labute approximate surface area is 170 Å². The van der Waals surface area contributed by atoms with Gasteiger partial charge in [-0.1, -0.05) is 12.5 Å². The zero-order chi connectivity index (χ0) is 20.3. The summed E-state index contributed by atoms with van der Waals surface area (Å²) in [5, 5.41) is 2.81. The van der Waals surface area contributed by atoms with Crippen LogP contribution in [-0.2, 0) is 21.2 Å². The van der Waals surface area contributed by atoms with Crippen molar-refractivity contribution in [2.45, 2.75) is 30.6 Å². The van der Waals surface area contributed by atoms with Gasteiger partial charge in [0.05, 0.1) is 11.3 Å². The van der Waals surface area contributed by atoms with E-state index in [4.69, 9.17) is 9.47 Å². The molecule has 1 fully saturated rings. The average molecular weight is 416 g/mol. The lowest BCUT2D eigenvalue weighted by molar-refractivity contribution is -0.115. The summed E-state index contributed by atoms with van der Waals surface area (Å²) in [5.41, 5.74) is 1.38. The topological polar surface area (TPSA) is 84.9 Å². The lowest BCUT2D eigenvalue weighted by atomic mass is 10.1. The third-order valence-corrected chi connectivity index (χ3v) is 6.98. The Hall–Kier alpha value is -2.58. The number of hydrogen-bond donors (Lipinski definition) is 1. The molecule has 0 atom stereocenters. The maximum absolute atomic E-state index is 12.7. The first-order chi connectivity index (χ1) is 14.0. The van der Waals surface area contributed by atoms with Crippen LogP contribution in [0.4, 0.5) is 5.69 Å². The molecule has 2 aromatic rings. The van der Waals surface area contributed by atoms with Crippen LogP contribution in [0.5, 0.6) is 11.5 Å². The quantitative estimate of drug-likeness (QED) is 0.810. The van der Waals surface area contributed by atoms with E-state index >= 15 is 0 Å². The fourth-order valence-electron chi connectivity index (χ4n) is 3.55. The number of nitrogens with one attached hydrogen (secondary N) is 1. The van der Waals surface area contributed by atoms with Crippen molar-refractivity contribution in [3.05, 3.63) is 48.0 Å². The number of nitrogens with zero attached hydrogens (tertiary/aromatic N) is 1. The number of carbonyl (C=O) groups excluding carboxylic acids is 1. The van der Waals surface area contributed by atoms with Crippen molar-refractivity contribution < 1.29 is 22.7 Å². The van der Waals surface area contributed by atoms with Crippen LogP contribution in [0, 0.1) is 0 Å². The molecule has 2 aromatic carbocycles. The highest BCUT2D eigenvalue weighted by Gasteiger charge is 2.25. The van der Waals surface area contributed by atoms with E-state index in [2.05, 4.69) is 5.32 Å². The summed E-state index contributed by atoms with van der Waals surface area (Å²) in [5.74, 6) is 1.15. The van der Waals surface area contributed by atoms with Crippen molar-refractivity contribution in [2.24, 2.45) is 0 Å². The second-order valence-electron chi connectivity index (χ2n) is 7.19. The Morgan fingerprint density at radius 3 is 2.34 bits per heavy atom. The van der Waals surface area contributed by atoms with E-state index in [9.17, 15) is 13.2 Å². The van der Waals surface area contributed by atoms with Gasteiger partial charge in [0.15, 0.2) is 11.5 Å². The molecule has 29 heavy (non-hydrogen) atoms. The molecule has 2 aliphatic heterocycles. The molecule has 1 saturated heterocycles. The van der Waals surface area contributed by atoms with Crippen molar-refractivity contribution in [3.8, 4) is 11.5 Å². The van der Waals surface area contributed by atoms with E-state index in [1.807, 2.05) is 12.1 Å². The number of sulfonamides is 1. The minimum absolute atomic E-state index is 0.185. The lowest BCUT2D eigenvalue weighted by Gasteiger charge is -2.25. The molecule has 0 unspecified atom stereocenters. The normalized spacial score (nSPS) is 17.0. The SMILES string of the molecule is O=C(Cc1ccc2c(c1)OCCO2)Nc1ccc(S(=O)(=O)N2CCCCC2)cc1. The van der Waals surface area contributed by atoms with Crippen LogP contribution < -0.4 is 14.8 Å². The third kappa shape index (κ3) is 4.54. The molecule has 0 aliphatic carbocycles. The summed E-state index contributed by atoms with van der Waals surface area (Å²) < 4.78 is 38.0. The number of amides is 1. The predicted molar refractivity (Wildman–Crippen MR) is 109 cm³/mol. The summed E-state index contributed by atoms with van der Waals surface area (Å²) >= 11 is 0. The number of fused-ring (bicyclic) bond motifs is 1. The van der Waals surface area contributed by atoms with Gasteiger partial charge in [0.1, 0.15) is 13.2 Å². The Balaban J connectivity index is 1.39. The van der Waals surface area contributed by atoms with Crippen LogP contribution in [0.3, 0.4) is 0 Å². The van der Waals surface area contributed by atoms with Crippen molar-refractivity contribution >= 4 is 21.6 Å². The van der Waals surface area contributed by atoms with Crippen LogP contribution in [-0.4, -0.2) is 44.9 Å². The van der Waals surface area contributed by atoms with E-state index in [-0.39, 0.29) is 17.2 Å². The zero-order valence-electron chi connectivity index (χ0n) is 16.1. The van der Waals surface area contributed by atoms with Gasteiger partial charge in [-0.05, 0) is 54.8 Å². The number of carbonyl (C=O) groups is 1. The van der Waals surface area contributed by atoms with E-state index < -0.39 is 10.0 Å². The molecule has 8 heteroatoms. The van der Waals surface area contributed by atoms with Gasteiger partial charge in [-0.25, -0.2) is 8.42 Å². The van der Waals surface area contributed by atoms with Crippen LogP contribution in [0.15, 0.2) is 47.4 Å². The van der Waals surface area contributed by atoms with E-state index in [0.29, 0.717) is 43.5 Å². The Kier molecular flexibility index (Phi) is 5.73. The minimum atomic E-state index is -3.47. The molecule has 0 radical (unpaired) electrons. The smallest absolute Gasteiger partial charge is 0.243 e. The average Bonchev–Trinajstić information content (AvgIpc) is 2.74. The van der Waals surface area contributed by atoms with Crippen LogP contribution in [0.1, 0.15) is 24.8 Å². The molecule has 0 saturated carbocycles. The fraction of sp³-hybridized carbons (Fsp3) is 0.381. The van der Waals surface area contributed by atoms with Gasteiger partial charge >= 0.3 is 0 Å². The van der Waals surface area contributed by atoms with Crippen LogP contribution in [0.2, 0.25) is 0 Å². The molecule has 0 bridgehead atoms. The van der Waals surface area contributed by atoms with Gasteiger partial charge < -0.3 is 14.8 Å². The molecule has 154 valence electrons. The fourth-order valence-corrected chi connectivity index (χ4v) is 5.07. The molecular formula is C21H24N2O5S. The van der Waals surface area contributed by atoms with Gasteiger partial charge in [-0.2, -0.15) is 4.31 Å². The maximum atomic E-state index is 12.7. The molecule has 0 spiro atoms. The van der Waals surface area contributed by atoms with Crippen LogP contribution in [0.25, 0.3) is 0 Å². The van der Waals surface area contributed by atoms with Gasteiger partial charge in [0, 0.05) is 18.8 Å². The van der Waals surface area contributed by atoms with E-state index in [1.165, 1.54) is 4.31 Å². The van der Waals surface area contributed by atoms with Crippen molar-refractivity contribution in [1.82, 2.24) is 4.31 Å². The van der Waals surface area contributed by atoms with Gasteiger partial charge in [0.25, 0.3) is 0 Å². The Bertz CT molecular complexity index is 983. The molecule has 1 N–H and O–H groups in total. The lowest BCUT2D eigenvalue weighted by Crippen LogP contribution is -2.35. The van der Waals surface area contributed by atoms with Crippen molar-refractivity contribution in [3.63, 3.8) is 0 Å². The summed E-state index contributed by atoms with van der Waals surface area (Å²) in [7, 11) is -3.47. The number of ether oxygens (including phenoxy) is 2. The number of anilines is 1. The molecule has 4 rings (SSSR count). The number of hydrogen-bond acceptors (Lipinski definition) is 5. The number of rotatable bonds is 5. The number of piperidine rings is 1. The minimum Gasteiger partial charge on any atom is -0.486 e. The Morgan fingerprint density at radius 2 is 1.62 bits per heavy atom. The second-order valence-corrected chi connectivity index (χ2v) is 9.13. The number of benzene rings is 2. The molecule has 2 heterocycles. The first kappa shape index (κ1) is 19.7. The third-order valence-electron chi connectivity index (χ3n) is 5.06. The van der Waals surface area contributed by atoms with Crippen LogP contribution >= 0.6 is 0 Å². The molecule has 7 nitrogen and oxygen atoms in total. The first-order valence-electron chi connectivity index (χ1n) is 9.81. The highest BCUT2D eigenvalue weighted by atomic mass is 32.2. The zero-order valence-corrected chi connectivity index (χ0v) is 16.9. The van der Waals surface area contributed by atoms with Crippen molar-refractivity contribution in [1.29, 1.82) is 0 Å². The highest BCUT2D eigenvalue weighted by Crippen LogP contribution is 2.31. The van der Waals surface area contributed by atoms with Gasteiger partial charge in [-0.15, -0.1) is 0 Å². The maximum Gasteiger partial charge on any atom is 0.243 e. The molecule has 2 aliphatic rings. The largest absolute Gasteiger partial charge is 0.486 e. The molecule has 0 aromatic heterocycles.